The maximum Gasteiger partial charge on any atom is 0.337 e. The molecule has 1 aromatic rings. The number of nitrogens with one attached hydrogen (secondary N) is 1. The molecule has 1 aromatic carbocycles. The summed E-state index contributed by atoms with van der Waals surface area (Å²) in [6.45, 7) is 1.33. The van der Waals surface area contributed by atoms with Gasteiger partial charge in [-0.05, 0) is 23.8 Å². The van der Waals surface area contributed by atoms with Gasteiger partial charge in [0, 0.05) is 20.2 Å². The number of hydrogen-bond acceptors (Lipinski definition) is 4. The zero-order chi connectivity index (χ0) is 13.4. The summed E-state index contributed by atoms with van der Waals surface area (Å²) in [5.41, 5.74) is 0.812. The highest BCUT2D eigenvalue weighted by Crippen LogP contribution is 2.14. The Labute approximate surface area is 105 Å². The van der Waals surface area contributed by atoms with Gasteiger partial charge in [-0.3, -0.25) is 4.79 Å². The van der Waals surface area contributed by atoms with E-state index < -0.39 is 5.97 Å². The minimum Gasteiger partial charge on any atom is -0.425 e. The van der Waals surface area contributed by atoms with E-state index >= 15 is 0 Å². The molecule has 1 amide bonds. The molecule has 0 bridgehead atoms. The van der Waals surface area contributed by atoms with E-state index in [1.54, 1.807) is 24.3 Å². The third kappa shape index (κ3) is 5.27. The summed E-state index contributed by atoms with van der Waals surface area (Å²) in [6, 6.07) is 6.93. The van der Waals surface area contributed by atoms with Crippen LogP contribution in [0.1, 0.15) is 12.5 Å². The van der Waals surface area contributed by atoms with Gasteiger partial charge in [-0.15, -0.1) is 0 Å². The number of esters is 1. The van der Waals surface area contributed by atoms with Crippen molar-refractivity contribution in [3.63, 3.8) is 0 Å². The summed E-state index contributed by atoms with van der Waals surface area (Å²) in [5.74, 6) is -0.170. The van der Waals surface area contributed by atoms with Gasteiger partial charge in [0.2, 0.25) is 5.91 Å². The first-order valence-electron chi connectivity index (χ1n) is 5.35. The van der Waals surface area contributed by atoms with E-state index in [0.29, 0.717) is 5.75 Å². The Morgan fingerprint density at radius 3 is 2.83 bits per heavy atom. The molecule has 0 fully saturated rings. The zero-order valence-corrected chi connectivity index (χ0v) is 10.3. The first-order chi connectivity index (χ1) is 8.61. The van der Waals surface area contributed by atoms with Crippen molar-refractivity contribution in [2.24, 2.45) is 0 Å². The summed E-state index contributed by atoms with van der Waals surface area (Å²) in [4.78, 5) is 21.9. The number of methoxy groups -OCH3 is 1. The third-order valence-electron chi connectivity index (χ3n) is 1.91. The van der Waals surface area contributed by atoms with Crippen LogP contribution in [0.4, 0.5) is 0 Å². The van der Waals surface area contributed by atoms with Crippen molar-refractivity contribution in [2.45, 2.75) is 6.92 Å². The molecule has 96 valence electrons. The fourth-order valence-electron chi connectivity index (χ4n) is 1.22. The van der Waals surface area contributed by atoms with E-state index in [2.05, 4.69) is 10.1 Å². The molecule has 18 heavy (non-hydrogen) atoms. The molecule has 0 saturated carbocycles. The van der Waals surface area contributed by atoms with Crippen molar-refractivity contribution >= 4 is 18.0 Å². The molecule has 0 aliphatic carbocycles. The molecule has 0 unspecified atom stereocenters. The minimum absolute atomic E-state index is 0.0913. The van der Waals surface area contributed by atoms with Crippen molar-refractivity contribution in [1.29, 1.82) is 0 Å². The van der Waals surface area contributed by atoms with Gasteiger partial charge in [-0.1, -0.05) is 12.1 Å². The highest BCUT2D eigenvalue weighted by molar-refractivity contribution is 5.75. The largest absolute Gasteiger partial charge is 0.425 e. The minimum atomic E-state index is -0.458. The van der Waals surface area contributed by atoms with E-state index in [9.17, 15) is 9.59 Å². The number of amides is 1. The second kappa shape index (κ2) is 7.24. The lowest BCUT2D eigenvalue weighted by Gasteiger charge is -2.04. The van der Waals surface area contributed by atoms with Gasteiger partial charge in [-0.25, -0.2) is 4.79 Å². The molecule has 1 N–H and O–H groups in total. The third-order valence-corrected chi connectivity index (χ3v) is 1.91. The molecular formula is C13H15NO4. The molecule has 0 spiro atoms. The van der Waals surface area contributed by atoms with Crippen LogP contribution in [0.15, 0.2) is 30.5 Å². The number of rotatable bonds is 5. The Kier molecular flexibility index (Phi) is 5.60. The fourth-order valence-corrected chi connectivity index (χ4v) is 1.22. The molecule has 0 radical (unpaired) electrons. The van der Waals surface area contributed by atoms with Crippen LogP contribution in [0.5, 0.6) is 5.75 Å². The highest BCUT2D eigenvalue weighted by Gasteiger charge is 2.03. The SMILES string of the molecule is COCC(=O)Oc1cccc(/C=C/NC(C)=O)c1. The number of ether oxygens (including phenoxy) is 2. The highest BCUT2D eigenvalue weighted by atomic mass is 16.6. The predicted octanol–water partition coefficient (Wildman–Crippen LogP) is 1.35. The zero-order valence-electron chi connectivity index (χ0n) is 10.3. The van der Waals surface area contributed by atoms with Gasteiger partial charge in [0.15, 0.2) is 0 Å². The van der Waals surface area contributed by atoms with Gasteiger partial charge in [0.1, 0.15) is 12.4 Å². The Morgan fingerprint density at radius 2 is 2.17 bits per heavy atom. The number of carbonyl (C=O) groups excluding carboxylic acids is 2. The Balaban J connectivity index is 2.64. The molecule has 5 heteroatoms. The number of benzene rings is 1. The van der Waals surface area contributed by atoms with E-state index in [-0.39, 0.29) is 12.5 Å². The van der Waals surface area contributed by atoms with Crippen LogP contribution in [-0.2, 0) is 14.3 Å². The molecule has 0 atom stereocenters. The second-order valence-corrected chi connectivity index (χ2v) is 3.51. The lowest BCUT2D eigenvalue weighted by atomic mass is 10.2. The topological polar surface area (TPSA) is 64.6 Å². The van der Waals surface area contributed by atoms with E-state index in [0.717, 1.165) is 5.56 Å². The van der Waals surface area contributed by atoms with E-state index in [1.807, 2.05) is 6.07 Å². The molecule has 0 saturated heterocycles. The van der Waals surface area contributed by atoms with Crippen molar-refractivity contribution in [2.75, 3.05) is 13.7 Å². The van der Waals surface area contributed by atoms with Crippen molar-refractivity contribution in [3.8, 4) is 5.75 Å². The van der Waals surface area contributed by atoms with Crippen LogP contribution < -0.4 is 10.1 Å². The van der Waals surface area contributed by atoms with E-state index in [1.165, 1.54) is 20.2 Å². The average molecular weight is 249 g/mol. The monoisotopic (exact) mass is 249 g/mol. The molecule has 0 aliphatic rings. The van der Waals surface area contributed by atoms with Crippen LogP contribution in [0.25, 0.3) is 6.08 Å². The Hall–Kier alpha value is -2.14. The fraction of sp³-hybridized carbons (Fsp3) is 0.231. The molecular weight excluding hydrogens is 234 g/mol. The first-order valence-corrected chi connectivity index (χ1v) is 5.35. The Bertz CT molecular complexity index is 454. The maximum absolute atomic E-state index is 11.2. The van der Waals surface area contributed by atoms with Gasteiger partial charge in [-0.2, -0.15) is 0 Å². The first kappa shape index (κ1) is 13.9. The number of carbonyl (C=O) groups is 2. The normalized spacial score (nSPS) is 10.3. The summed E-state index contributed by atoms with van der Waals surface area (Å²) >= 11 is 0. The van der Waals surface area contributed by atoms with Crippen LogP contribution in [0.2, 0.25) is 0 Å². The van der Waals surface area contributed by atoms with Crippen molar-refractivity contribution in [1.82, 2.24) is 5.32 Å². The predicted molar refractivity (Wildman–Crippen MR) is 66.8 cm³/mol. The second-order valence-electron chi connectivity index (χ2n) is 3.51. The quantitative estimate of drug-likeness (QED) is 0.632. The number of hydrogen-bond donors (Lipinski definition) is 1. The molecule has 0 heterocycles. The standard InChI is InChI=1S/C13H15NO4/c1-10(15)14-7-6-11-4-3-5-12(8-11)18-13(16)9-17-2/h3-8H,9H2,1-2H3,(H,14,15)/b7-6+. The molecule has 0 aromatic heterocycles. The van der Waals surface area contributed by atoms with Gasteiger partial charge in [0.25, 0.3) is 0 Å². The van der Waals surface area contributed by atoms with Crippen molar-refractivity contribution < 1.29 is 19.1 Å². The van der Waals surface area contributed by atoms with Gasteiger partial charge < -0.3 is 14.8 Å². The summed E-state index contributed by atoms with van der Waals surface area (Å²) in [7, 11) is 1.42. The average Bonchev–Trinajstić information content (AvgIpc) is 2.29. The van der Waals surface area contributed by atoms with Crippen molar-refractivity contribution in [3.05, 3.63) is 36.0 Å². The van der Waals surface area contributed by atoms with Gasteiger partial charge in [0.05, 0.1) is 0 Å². The molecule has 0 aliphatic heterocycles. The van der Waals surface area contributed by atoms with Crippen LogP contribution in [0.3, 0.4) is 0 Å². The maximum atomic E-state index is 11.2. The Morgan fingerprint density at radius 1 is 1.39 bits per heavy atom. The lowest BCUT2D eigenvalue weighted by Crippen LogP contribution is -2.14. The van der Waals surface area contributed by atoms with Crippen LogP contribution >= 0.6 is 0 Å². The smallest absolute Gasteiger partial charge is 0.337 e. The van der Waals surface area contributed by atoms with Crippen LogP contribution in [0, 0.1) is 0 Å². The lowest BCUT2D eigenvalue weighted by molar-refractivity contribution is -0.138. The summed E-state index contributed by atoms with van der Waals surface area (Å²) < 4.78 is 9.70. The molecule has 1 rings (SSSR count). The van der Waals surface area contributed by atoms with Gasteiger partial charge >= 0.3 is 5.97 Å². The summed E-state index contributed by atoms with van der Waals surface area (Å²) in [5, 5.41) is 2.53. The molecule has 5 nitrogen and oxygen atoms in total. The van der Waals surface area contributed by atoms with E-state index in [4.69, 9.17) is 4.74 Å². The van der Waals surface area contributed by atoms with Crippen LogP contribution in [-0.4, -0.2) is 25.6 Å². The summed E-state index contributed by atoms with van der Waals surface area (Å²) in [6.07, 6.45) is 3.23.